The Morgan fingerprint density at radius 1 is 1.26 bits per heavy atom. The zero-order valence-electron chi connectivity index (χ0n) is 11.3. The molecule has 0 saturated heterocycles. The quantitative estimate of drug-likeness (QED) is 0.801. The molecule has 0 amide bonds. The van der Waals surface area contributed by atoms with Crippen LogP contribution in [0.5, 0.6) is 0 Å². The maximum absolute atomic E-state index is 12.7. The lowest BCUT2D eigenvalue weighted by Crippen LogP contribution is -2.38. The molecule has 0 heterocycles. The Bertz CT molecular complexity index is 486. The minimum atomic E-state index is -3.43. The summed E-state index contributed by atoms with van der Waals surface area (Å²) in [5.41, 5.74) is 6.37. The van der Waals surface area contributed by atoms with Crippen LogP contribution in [0, 0.1) is 11.7 Å². The first-order chi connectivity index (χ1) is 8.78. The molecule has 108 valence electrons. The SMILES string of the molecule is CC(C)CC(N)CNS(=O)(=O)Cc1ccc(F)cc1. The third-order valence-corrected chi connectivity index (χ3v) is 3.93. The van der Waals surface area contributed by atoms with Gasteiger partial charge in [0, 0.05) is 12.6 Å². The van der Waals surface area contributed by atoms with Crippen LogP contribution in [0.25, 0.3) is 0 Å². The fraction of sp³-hybridized carbons (Fsp3) is 0.538. The van der Waals surface area contributed by atoms with Crippen LogP contribution in [0.2, 0.25) is 0 Å². The highest BCUT2D eigenvalue weighted by Gasteiger charge is 2.14. The molecule has 0 aliphatic heterocycles. The summed E-state index contributed by atoms with van der Waals surface area (Å²) in [7, 11) is -3.43. The van der Waals surface area contributed by atoms with Crippen molar-refractivity contribution in [3.05, 3.63) is 35.6 Å². The van der Waals surface area contributed by atoms with Crippen molar-refractivity contribution in [3.63, 3.8) is 0 Å². The number of sulfonamides is 1. The molecule has 19 heavy (non-hydrogen) atoms. The van der Waals surface area contributed by atoms with Crippen LogP contribution in [0.15, 0.2) is 24.3 Å². The van der Waals surface area contributed by atoms with Crippen LogP contribution in [0.4, 0.5) is 4.39 Å². The van der Waals surface area contributed by atoms with Crippen molar-refractivity contribution in [2.75, 3.05) is 6.54 Å². The average Bonchev–Trinajstić information content (AvgIpc) is 2.29. The summed E-state index contributed by atoms with van der Waals surface area (Å²) in [6.07, 6.45) is 0.763. The largest absolute Gasteiger partial charge is 0.327 e. The molecule has 0 radical (unpaired) electrons. The van der Waals surface area contributed by atoms with E-state index in [0.717, 1.165) is 6.42 Å². The van der Waals surface area contributed by atoms with Gasteiger partial charge in [-0.15, -0.1) is 0 Å². The van der Waals surface area contributed by atoms with Crippen LogP contribution in [0.3, 0.4) is 0 Å². The van der Waals surface area contributed by atoms with Crippen molar-refractivity contribution < 1.29 is 12.8 Å². The summed E-state index contributed by atoms with van der Waals surface area (Å²) in [5, 5.41) is 0. The molecule has 0 saturated carbocycles. The Hall–Kier alpha value is -0.980. The molecule has 3 N–H and O–H groups in total. The Morgan fingerprint density at radius 3 is 2.37 bits per heavy atom. The van der Waals surface area contributed by atoms with E-state index >= 15 is 0 Å². The van der Waals surface area contributed by atoms with Crippen molar-refractivity contribution >= 4 is 10.0 Å². The number of benzene rings is 1. The van der Waals surface area contributed by atoms with E-state index in [9.17, 15) is 12.8 Å². The second-order valence-corrected chi connectivity index (χ2v) is 6.93. The molecule has 1 rings (SSSR count). The van der Waals surface area contributed by atoms with Crippen LogP contribution in [-0.4, -0.2) is 21.0 Å². The molecule has 1 aromatic carbocycles. The minimum absolute atomic E-state index is 0.165. The van der Waals surface area contributed by atoms with E-state index in [1.807, 2.05) is 13.8 Å². The summed E-state index contributed by atoms with van der Waals surface area (Å²) in [4.78, 5) is 0. The number of nitrogens with two attached hydrogens (primary N) is 1. The first-order valence-corrected chi connectivity index (χ1v) is 7.91. The number of rotatable bonds is 7. The van der Waals surface area contributed by atoms with E-state index in [-0.39, 0.29) is 24.2 Å². The van der Waals surface area contributed by atoms with Gasteiger partial charge in [-0.2, -0.15) is 0 Å². The molecule has 0 aliphatic carbocycles. The molecule has 4 nitrogen and oxygen atoms in total. The van der Waals surface area contributed by atoms with E-state index < -0.39 is 10.0 Å². The van der Waals surface area contributed by atoms with Gasteiger partial charge in [0.25, 0.3) is 0 Å². The maximum atomic E-state index is 12.7. The van der Waals surface area contributed by atoms with E-state index in [1.165, 1.54) is 24.3 Å². The highest BCUT2D eigenvalue weighted by molar-refractivity contribution is 7.88. The minimum Gasteiger partial charge on any atom is -0.327 e. The fourth-order valence-corrected chi connectivity index (χ4v) is 2.98. The molecule has 0 aromatic heterocycles. The summed E-state index contributed by atoms with van der Waals surface area (Å²) in [6.45, 7) is 4.29. The number of hydrogen-bond donors (Lipinski definition) is 2. The highest BCUT2D eigenvalue weighted by Crippen LogP contribution is 2.07. The standard InChI is InChI=1S/C13H21FN2O2S/c1-10(2)7-13(15)8-16-19(17,18)9-11-3-5-12(14)6-4-11/h3-6,10,13,16H,7-9,15H2,1-2H3. The van der Waals surface area contributed by atoms with Gasteiger partial charge >= 0.3 is 0 Å². The van der Waals surface area contributed by atoms with Crippen molar-refractivity contribution in [2.45, 2.75) is 32.1 Å². The van der Waals surface area contributed by atoms with Gasteiger partial charge in [-0.25, -0.2) is 17.5 Å². The highest BCUT2D eigenvalue weighted by atomic mass is 32.2. The van der Waals surface area contributed by atoms with Gasteiger partial charge < -0.3 is 5.73 Å². The number of halogens is 1. The maximum Gasteiger partial charge on any atom is 0.215 e. The predicted octanol–water partition coefficient (Wildman–Crippen LogP) is 1.62. The Kier molecular flexibility index (Phi) is 5.90. The first kappa shape index (κ1) is 16.1. The van der Waals surface area contributed by atoms with E-state index in [2.05, 4.69) is 4.72 Å². The molecule has 1 atom stereocenters. The van der Waals surface area contributed by atoms with Crippen molar-refractivity contribution in [2.24, 2.45) is 11.7 Å². The van der Waals surface area contributed by atoms with Gasteiger partial charge in [0.1, 0.15) is 5.82 Å². The zero-order chi connectivity index (χ0) is 14.5. The Labute approximate surface area is 114 Å². The second-order valence-electron chi connectivity index (χ2n) is 5.12. The fourth-order valence-electron chi connectivity index (χ4n) is 1.77. The molecule has 0 spiro atoms. The average molecular weight is 288 g/mol. The summed E-state index contributed by atoms with van der Waals surface area (Å²) in [5.74, 6) is -0.119. The van der Waals surface area contributed by atoms with Crippen molar-refractivity contribution in [1.82, 2.24) is 4.72 Å². The number of nitrogens with one attached hydrogen (secondary N) is 1. The van der Waals surface area contributed by atoms with Crippen LogP contribution in [0.1, 0.15) is 25.8 Å². The Balaban J connectivity index is 2.50. The topological polar surface area (TPSA) is 72.2 Å². The van der Waals surface area contributed by atoms with Crippen LogP contribution >= 0.6 is 0 Å². The lowest BCUT2D eigenvalue weighted by Gasteiger charge is -2.15. The first-order valence-electron chi connectivity index (χ1n) is 6.26. The van der Waals surface area contributed by atoms with Gasteiger partial charge in [0.05, 0.1) is 5.75 Å². The molecular formula is C13H21FN2O2S. The van der Waals surface area contributed by atoms with Crippen molar-refractivity contribution in [1.29, 1.82) is 0 Å². The summed E-state index contributed by atoms with van der Waals surface area (Å²) in [6, 6.07) is 5.22. The lowest BCUT2D eigenvalue weighted by atomic mass is 10.1. The van der Waals surface area contributed by atoms with E-state index in [0.29, 0.717) is 11.5 Å². The Morgan fingerprint density at radius 2 is 1.84 bits per heavy atom. The molecule has 0 aliphatic rings. The van der Waals surface area contributed by atoms with Crippen LogP contribution < -0.4 is 10.5 Å². The molecule has 0 bridgehead atoms. The molecule has 6 heteroatoms. The van der Waals surface area contributed by atoms with Gasteiger partial charge in [0.15, 0.2) is 0 Å². The second kappa shape index (κ2) is 6.98. The van der Waals surface area contributed by atoms with Gasteiger partial charge in [-0.3, -0.25) is 0 Å². The van der Waals surface area contributed by atoms with E-state index in [1.54, 1.807) is 0 Å². The predicted molar refractivity (Wildman–Crippen MR) is 74.5 cm³/mol. The smallest absolute Gasteiger partial charge is 0.215 e. The monoisotopic (exact) mass is 288 g/mol. The summed E-state index contributed by atoms with van der Waals surface area (Å²) < 4.78 is 38.8. The van der Waals surface area contributed by atoms with Crippen LogP contribution in [-0.2, 0) is 15.8 Å². The normalized spacial score (nSPS) is 13.7. The van der Waals surface area contributed by atoms with Gasteiger partial charge in [0.2, 0.25) is 10.0 Å². The van der Waals surface area contributed by atoms with E-state index in [4.69, 9.17) is 5.73 Å². The van der Waals surface area contributed by atoms with Gasteiger partial charge in [-0.05, 0) is 30.0 Å². The lowest BCUT2D eigenvalue weighted by molar-refractivity contribution is 0.485. The third kappa shape index (κ3) is 6.66. The third-order valence-electron chi connectivity index (χ3n) is 2.61. The molecular weight excluding hydrogens is 267 g/mol. The molecule has 1 aromatic rings. The zero-order valence-corrected chi connectivity index (χ0v) is 12.1. The molecule has 0 fully saturated rings. The van der Waals surface area contributed by atoms with Crippen molar-refractivity contribution in [3.8, 4) is 0 Å². The number of hydrogen-bond acceptors (Lipinski definition) is 3. The molecule has 1 unspecified atom stereocenters. The van der Waals surface area contributed by atoms with Gasteiger partial charge in [-0.1, -0.05) is 26.0 Å². The summed E-state index contributed by atoms with van der Waals surface area (Å²) >= 11 is 0.